The summed E-state index contributed by atoms with van der Waals surface area (Å²) in [5, 5.41) is 7.59. The minimum Gasteiger partial charge on any atom is -0.456 e. The van der Waals surface area contributed by atoms with Crippen molar-refractivity contribution in [2.24, 2.45) is 0 Å². The van der Waals surface area contributed by atoms with Gasteiger partial charge in [-0.25, -0.2) is 9.07 Å². The molecule has 2 aromatic rings. The van der Waals surface area contributed by atoms with E-state index in [1.807, 2.05) is 0 Å². The zero-order valence-electron chi connectivity index (χ0n) is 8.55. The predicted molar refractivity (Wildman–Crippen MR) is 57.9 cm³/mol. The van der Waals surface area contributed by atoms with Gasteiger partial charge in [-0.1, -0.05) is 16.8 Å². The topological polar surface area (TPSA) is 39.9 Å². The van der Waals surface area contributed by atoms with Crippen LogP contribution >= 0.6 is 11.6 Å². The Bertz CT molecular complexity index is 492. The lowest BCUT2D eigenvalue weighted by Crippen LogP contribution is -2.12. The molecule has 2 rings (SSSR count). The van der Waals surface area contributed by atoms with Crippen LogP contribution in [-0.4, -0.2) is 28.0 Å². The van der Waals surface area contributed by atoms with E-state index >= 15 is 0 Å². The van der Waals surface area contributed by atoms with Crippen LogP contribution < -0.4 is 4.74 Å². The third-order valence-corrected chi connectivity index (χ3v) is 2.29. The Morgan fingerprint density at radius 2 is 2.29 bits per heavy atom. The molecule has 90 valence electrons. The Labute approximate surface area is 101 Å². The molecule has 0 aliphatic carbocycles. The molecule has 0 amide bonds. The van der Waals surface area contributed by atoms with E-state index in [4.69, 9.17) is 16.3 Å². The lowest BCUT2D eigenvalue weighted by molar-refractivity contribution is 0.0435. The van der Waals surface area contributed by atoms with E-state index in [-0.39, 0.29) is 10.8 Å². The SMILES string of the molecule is FCC(F)Oc1cc(-n2ccnn2)ccc1Cl. The Morgan fingerprint density at radius 1 is 1.47 bits per heavy atom. The first-order valence-corrected chi connectivity index (χ1v) is 5.11. The molecule has 0 aliphatic heterocycles. The number of benzene rings is 1. The summed E-state index contributed by atoms with van der Waals surface area (Å²) in [6.45, 7) is -1.23. The van der Waals surface area contributed by atoms with Crippen LogP contribution in [0, 0.1) is 0 Å². The van der Waals surface area contributed by atoms with Crippen molar-refractivity contribution in [1.29, 1.82) is 0 Å². The molecule has 4 nitrogen and oxygen atoms in total. The average molecular weight is 260 g/mol. The van der Waals surface area contributed by atoms with Crippen molar-refractivity contribution in [3.63, 3.8) is 0 Å². The molecule has 0 spiro atoms. The number of nitrogens with zero attached hydrogens (tertiary/aromatic N) is 3. The van der Waals surface area contributed by atoms with Crippen molar-refractivity contribution in [2.75, 3.05) is 6.67 Å². The summed E-state index contributed by atoms with van der Waals surface area (Å²) in [5.41, 5.74) is 0.591. The Balaban J connectivity index is 2.29. The fourth-order valence-electron chi connectivity index (χ4n) is 1.24. The number of alkyl halides is 2. The number of hydrogen-bond acceptors (Lipinski definition) is 3. The summed E-state index contributed by atoms with van der Waals surface area (Å²) >= 11 is 5.80. The number of halogens is 3. The zero-order valence-corrected chi connectivity index (χ0v) is 9.31. The molecule has 0 saturated carbocycles. The number of ether oxygens (including phenoxy) is 1. The largest absolute Gasteiger partial charge is 0.456 e. The van der Waals surface area contributed by atoms with Crippen LogP contribution in [-0.2, 0) is 0 Å². The van der Waals surface area contributed by atoms with Gasteiger partial charge in [0.05, 0.1) is 23.1 Å². The third-order valence-electron chi connectivity index (χ3n) is 1.98. The molecule has 0 fully saturated rings. The second kappa shape index (κ2) is 5.09. The van der Waals surface area contributed by atoms with E-state index in [0.29, 0.717) is 5.69 Å². The Kier molecular flexibility index (Phi) is 3.53. The van der Waals surface area contributed by atoms with Gasteiger partial charge in [-0.2, -0.15) is 4.39 Å². The van der Waals surface area contributed by atoms with Gasteiger partial charge in [0.15, 0.2) is 6.67 Å². The molecule has 0 radical (unpaired) electrons. The first kappa shape index (κ1) is 11.8. The molecule has 1 unspecified atom stereocenters. The van der Waals surface area contributed by atoms with Crippen LogP contribution in [0.4, 0.5) is 8.78 Å². The van der Waals surface area contributed by atoms with E-state index in [1.165, 1.54) is 23.0 Å². The Hall–Kier alpha value is -1.69. The summed E-state index contributed by atoms with van der Waals surface area (Å²) < 4.78 is 30.9. The molecule has 0 bridgehead atoms. The van der Waals surface area contributed by atoms with Gasteiger partial charge in [0.25, 0.3) is 6.36 Å². The zero-order chi connectivity index (χ0) is 12.3. The smallest absolute Gasteiger partial charge is 0.266 e. The van der Waals surface area contributed by atoms with Crippen LogP contribution in [0.15, 0.2) is 30.6 Å². The summed E-state index contributed by atoms with van der Waals surface area (Å²) in [6.07, 6.45) is 1.07. The van der Waals surface area contributed by atoms with Crippen molar-refractivity contribution in [3.05, 3.63) is 35.6 Å². The standard InChI is InChI=1S/C10H8ClF2N3O/c11-8-2-1-7(16-4-3-14-15-16)5-9(8)17-10(13)6-12/h1-5,10H,6H2. The highest BCUT2D eigenvalue weighted by atomic mass is 35.5. The van der Waals surface area contributed by atoms with Gasteiger partial charge in [-0.3, -0.25) is 0 Å². The first-order chi connectivity index (χ1) is 8.20. The maximum Gasteiger partial charge on any atom is 0.266 e. The molecule has 1 aromatic carbocycles. The van der Waals surface area contributed by atoms with Crippen LogP contribution in [0.1, 0.15) is 0 Å². The van der Waals surface area contributed by atoms with E-state index in [9.17, 15) is 8.78 Å². The van der Waals surface area contributed by atoms with Gasteiger partial charge in [0.2, 0.25) is 0 Å². The molecule has 1 atom stereocenters. The second-order valence-electron chi connectivity index (χ2n) is 3.14. The van der Waals surface area contributed by atoms with Gasteiger partial charge in [0, 0.05) is 6.07 Å². The van der Waals surface area contributed by atoms with Crippen LogP contribution in [0.2, 0.25) is 5.02 Å². The monoisotopic (exact) mass is 259 g/mol. The van der Waals surface area contributed by atoms with Crippen molar-refractivity contribution >= 4 is 11.6 Å². The number of hydrogen-bond donors (Lipinski definition) is 0. The first-order valence-electron chi connectivity index (χ1n) is 4.73. The highest BCUT2D eigenvalue weighted by Crippen LogP contribution is 2.28. The molecule has 1 aromatic heterocycles. The van der Waals surface area contributed by atoms with E-state index < -0.39 is 13.0 Å². The summed E-state index contributed by atoms with van der Waals surface area (Å²) in [4.78, 5) is 0. The van der Waals surface area contributed by atoms with Crippen LogP contribution in [0.25, 0.3) is 5.69 Å². The molecule has 0 N–H and O–H groups in total. The normalized spacial score (nSPS) is 12.4. The quantitative estimate of drug-likeness (QED) is 0.847. The minimum atomic E-state index is -2.03. The highest BCUT2D eigenvalue weighted by molar-refractivity contribution is 6.32. The molecule has 0 saturated heterocycles. The fraction of sp³-hybridized carbons (Fsp3) is 0.200. The minimum absolute atomic E-state index is 0.0600. The molecular formula is C10H8ClF2N3O. The van der Waals surface area contributed by atoms with Gasteiger partial charge in [0.1, 0.15) is 5.75 Å². The number of rotatable bonds is 4. The summed E-state index contributed by atoms with van der Waals surface area (Å²) in [7, 11) is 0. The van der Waals surface area contributed by atoms with Crippen molar-refractivity contribution < 1.29 is 13.5 Å². The van der Waals surface area contributed by atoms with E-state index in [2.05, 4.69) is 10.3 Å². The van der Waals surface area contributed by atoms with Gasteiger partial charge in [-0.05, 0) is 12.1 Å². The molecule has 7 heteroatoms. The van der Waals surface area contributed by atoms with E-state index in [1.54, 1.807) is 12.3 Å². The lowest BCUT2D eigenvalue weighted by atomic mass is 10.3. The third kappa shape index (κ3) is 2.71. The molecule has 0 aliphatic rings. The van der Waals surface area contributed by atoms with Gasteiger partial charge >= 0.3 is 0 Å². The average Bonchev–Trinajstić information content (AvgIpc) is 2.85. The highest BCUT2D eigenvalue weighted by Gasteiger charge is 2.11. The van der Waals surface area contributed by atoms with Crippen LogP contribution in [0.3, 0.4) is 0 Å². The van der Waals surface area contributed by atoms with Crippen LogP contribution in [0.5, 0.6) is 5.75 Å². The predicted octanol–water partition coefficient (Wildman–Crippen LogP) is 2.56. The Morgan fingerprint density at radius 3 is 2.94 bits per heavy atom. The molecular weight excluding hydrogens is 252 g/mol. The van der Waals surface area contributed by atoms with E-state index in [0.717, 1.165) is 0 Å². The molecule has 17 heavy (non-hydrogen) atoms. The van der Waals surface area contributed by atoms with Gasteiger partial charge in [-0.15, -0.1) is 5.10 Å². The fourth-order valence-corrected chi connectivity index (χ4v) is 1.40. The van der Waals surface area contributed by atoms with Crippen molar-refractivity contribution in [2.45, 2.75) is 6.36 Å². The maximum absolute atomic E-state index is 12.8. The number of aromatic nitrogens is 3. The maximum atomic E-state index is 12.8. The van der Waals surface area contributed by atoms with Gasteiger partial charge < -0.3 is 4.74 Å². The van der Waals surface area contributed by atoms with Crippen molar-refractivity contribution in [1.82, 2.24) is 15.0 Å². The summed E-state index contributed by atoms with van der Waals surface area (Å²) in [6, 6.07) is 4.63. The lowest BCUT2D eigenvalue weighted by Gasteiger charge is -2.11. The second-order valence-corrected chi connectivity index (χ2v) is 3.55. The summed E-state index contributed by atoms with van der Waals surface area (Å²) in [5.74, 6) is 0.0600. The molecule has 1 heterocycles. The van der Waals surface area contributed by atoms with Crippen molar-refractivity contribution in [3.8, 4) is 11.4 Å².